The lowest BCUT2D eigenvalue weighted by molar-refractivity contribution is 0.196. The van der Waals surface area contributed by atoms with Crippen LogP contribution in [0.2, 0.25) is 0 Å². The van der Waals surface area contributed by atoms with E-state index in [-0.39, 0.29) is 11.5 Å². The molecule has 0 saturated carbocycles. The quantitative estimate of drug-likeness (QED) is 0.693. The molecular formula is C11H21NOS. The van der Waals surface area contributed by atoms with Crippen LogP contribution in [0.25, 0.3) is 0 Å². The highest BCUT2D eigenvalue weighted by molar-refractivity contribution is 7.99. The van der Waals surface area contributed by atoms with Crippen LogP contribution < -0.4 is 0 Å². The first kappa shape index (κ1) is 13.8. The molecule has 0 spiro atoms. The Morgan fingerprint density at radius 3 is 2.43 bits per heavy atom. The van der Waals surface area contributed by atoms with Crippen molar-refractivity contribution < 1.29 is 5.11 Å². The van der Waals surface area contributed by atoms with Crippen LogP contribution >= 0.6 is 11.8 Å². The molecule has 0 aliphatic heterocycles. The van der Waals surface area contributed by atoms with E-state index in [2.05, 4.69) is 6.07 Å². The van der Waals surface area contributed by atoms with Gasteiger partial charge < -0.3 is 5.11 Å². The fraction of sp³-hybridized carbons (Fsp3) is 0.909. The van der Waals surface area contributed by atoms with E-state index in [1.54, 1.807) is 11.8 Å². The van der Waals surface area contributed by atoms with Crippen molar-refractivity contribution in [2.45, 2.75) is 51.9 Å². The molecule has 0 heterocycles. The number of thioether (sulfide) groups is 1. The van der Waals surface area contributed by atoms with Crippen LogP contribution in [0.3, 0.4) is 0 Å². The predicted molar refractivity (Wildman–Crippen MR) is 62.2 cm³/mol. The summed E-state index contributed by atoms with van der Waals surface area (Å²) in [5, 5.41) is 18.3. The third-order valence-corrected chi connectivity index (χ3v) is 3.75. The molecule has 14 heavy (non-hydrogen) atoms. The standard InChI is InChI=1S/C11H21NOS/c1-9(13)10(2)14-7-5-6-11(3,4)8-12/h9-10,13H,5-7H2,1-4H3. The molecule has 82 valence electrons. The topological polar surface area (TPSA) is 44.0 Å². The summed E-state index contributed by atoms with van der Waals surface area (Å²) in [5.41, 5.74) is -0.200. The van der Waals surface area contributed by atoms with Crippen LogP contribution in [0, 0.1) is 16.7 Å². The van der Waals surface area contributed by atoms with Crippen molar-refractivity contribution in [2.75, 3.05) is 5.75 Å². The third-order valence-electron chi connectivity index (χ3n) is 2.31. The van der Waals surface area contributed by atoms with E-state index in [9.17, 15) is 5.11 Å². The second-order valence-corrected chi connectivity index (χ2v) is 5.90. The molecule has 0 aliphatic rings. The molecule has 0 aromatic rings. The average Bonchev–Trinajstić information content (AvgIpc) is 2.12. The molecule has 0 aromatic heterocycles. The van der Waals surface area contributed by atoms with Gasteiger partial charge in [0.1, 0.15) is 0 Å². The summed E-state index contributed by atoms with van der Waals surface area (Å²) in [6, 6.07) is 2.29. The lowest BCUT2D eigenvalue weighted by Gasteiger charge is -2.17. The number of aliphatic hydroxyl groups is 1. The smallest absolute Gasteiger partial charge is 0.0683 e. The summed E-state index contributed by atoms with van der Waals surface area (Å²) >= 11 is 1.78. The van der Waals surface area contributed by atoms with Gasteiger partial charge in [0, 0.05) is 5.25 Å². The van der Waals surface area contributed by atoms with Gasteiger partial charge in [0.15, 0.2) is 0 Å². The zero-order valence-corrected chi connectivity index (χ0v) is 10.4. The predicted octanol–water partition coefficient (Wildman–Crippen LogP) is 2.82. The molecule has 2 unspecified atom stereocenters. The van der Waals surface area contributed by atoms with Crippen LogP contribution in [0.15, 0.2) is 0 Å². The Morgan fingerprint density at radius 2 is 2.00 bits per heavy atom. The van der Waals surface area contributed by atoms with Crippen molar-refractivity contribution in [1.29, 1.82) is 5.26 Å². The van der Waals surface area contributed by atoms with E-state index in [0.717, 1.165) is 18.6 Å². The molecule has 0 rings (SSSR count). The molecular weight excluding hydrogens is 194 g/mol. The Kier molecular flexibility index (Phi) is 6.22. The largest absolute Gasteiger partial charge is 0.392 e. The molecule has 0 aromatic carbocycles. The highest BCUT2D eigenvalue weighted by Gasteiger charge is 2.16. The Morgan fingerprint density at radius 1 is 1.43 bits per heavy atom. The van der Waals surface area contributed by atoms with Gasteiger partial charge in [0.25, 0.3) is 0 Å². The van der Waals surface area contributed by atoms with E-state index in [4.69, 9.17) is 5.26 Å². The second-order valence-electron chi connectivity index (χ2n) is 4.42. The molecule has 0 aliphatic carbocycles. The van der Waals surface area contributed by atoms with Crippen molar-refractivity contribution in [3.8, 4) is 6.07 Å². The van der Waals surface area contributed by atoms with Gasteiger partial charge in [0.2, 0.25) is 0 Å². The van der Waals surface area contributed by atoms with Gasteiger partial charge in [-0.1, -0.05) is 6.92 Å². The highest BCUT2D eigenvalue weighted by Crippen LogP contribution is 2.23. The molecule has 3 heteroatoms. The first-order chi connectivity index (χ1) is 6.39. The number of rotatable bonds is 6. The van der Waals surface area contributed by atoms with E-state index >= 15 is 0 Å². The minimum absolute atomic E-state index is 0.200. The van der Waals surface area contributed by atoms with Crippen molar-refractivity contribution in [3.63, 3.8) is 0 Å². The lowest BCUT2D eigenvalue weighted by Crippen LogP contribution is -2.16. The maximum Gasteiger partial charge on any atom is 0.0683 e. The maximum atomic E-state index is 9.25. The molecule has 0 radical (unpaired) electrons. The number of nitriles is 1. The average molecular weight is 215 g/mol. The van der Waals surface area contributed by atoms with E-state index in [1.165, 1.54) is 0 Å². The summed E-state index contributed by atoms with van der Waals surface area (Å²) < 4.78 is 0. The SMILES string of the molecule is CC(O)C(C)SCCCC(C)(C)C#N. The monoisotopic (exact) mass is 215 g/mol. The van der Waals surface area contributed by atoms with Gasteiger partial charge in [-0.05, 0) is 39.4 Å². The van der Waals surface area contributed by atoms with Crippen molar-refractivity contribution in [2.24, 2.45) is 5.41 Å². The van der Waals surface area contributed by atoms with Crippen LogP contribution in [0.4, 0.5) is 0 Å². The lowest BCUT2D eigenvalue weighted by atomic mass is 9.90. The van der Waals surface area contributed by atoms with Gasteiger partial charge >= 0.3 is 0 Å². The fourth-order valence-electron chi connectivity index (χ4n) is 0.978. The van der Waals surface area contributed by atoms with Gasteiger partial charge in [-0.3, -0.25) is 0 Å². The fourth-order valence-corrected chi connectivity index (χ4v) is 1.94. The number of nitrogens with zero attached hydrogens (tertiary/aromatic N) is 1. The summed E-state index contributed by atoms with van der Waals surface area (Å²) in [6.45, 7) is 7.78. The zero-order chi connectivity index (χ0) is 11.2. The van der Waals surface area contributed by atoms with E-state index < -0.39 is 0 Å². The number of hydrogen-bond acceptors (Lipinski definition) is 3. The van der Waals surface area contributed by atoms with Gasteiger partial charge in [-0.25, -0.2) is 0 Å². The third kappa shape index (κ3) is 6.28. The molecule has 0 amide bonds. The first-order valence-electron chi connectivity index (χ1n) is 5.10. The molecule has 1 N–H and O–H groups in total. The van der Waals surface area contributed by atoms with Gasteiger partial charge in [-0.15, -0.1) is 0 Å². The Labute approximate surface area is 91.7 Å². The van der Waals surface area contributed by atoms with E-state index in [1.807, 2.05) is 27.7 Å². The summed E-state index contributed by atoms with van der Waals surface area (Å²) in [7, 11) is 0. The summed E-state index contributed by atoms with van der Waals surface area (Å²) in [5.74, 6) is 1.02. The molecule has 2 atom stereocenters. The minimum Gasteiger partial charge on any atom is -0.392 e. The number of aliphatic hydroxyl groups excluding tert-OH is 1. The van der Waals surface area contributed by atoms with Crippen molar-refractivity contribution in [1.82, 2.24) is 0 Å². The summed E-state index contributed by atoms with van der Waals surface area (Å²) in [4.78, 5) is 0. The normalized spacial score (nSPS) is 16.0. The van der Waals surface area contributed by atoms with Crippen LogP contribution in [0.1, 0.15) is 40.5 Å². The van der Waals surface area contributed by atoms with Crippen molar-refractivity contribution >= 4 is 11.8 Å². The Bertz CT molecular complexity index is 196. The van der Waals surface area contributed by atoms with Gasteiger partial charge in [0.05, 0.1) is 17.6 Å². The number of hydrogen-bond donors (Lipinski definition) is 1. The Balaban J connectivity index is 3.53. The highest BCUT2D eigenvalue weighted by atomic mass is 32.2. The summed E-state index contributed by atoms with van der Waals surface area (Å²) in [6.07, 6.45) is 1.73. The van der Waals surface area contributed by atoms with Crippen LogP contribution in [0.5, 0.6) is 0 Å². The van der Waals surface area contributed by atoms with Crippen LogP contribution in [-0.2, 0) is 0 Å². The first-order valence-corrected chi connectivity index (χ1v) is 6.15. The Hall–Kier alpha value is -0.200. The molecule has 2 nitrogen and oxygen atoms in total. The maximum absolute atomic E-state index is 9.25. The zero-order valence-electron chi connectivity index (χ0n) is 9.58. The second kappa shape index (κ2) is 6.31. The molecule has 0 bridgehead atoms. The molecule has 0 fully saturated rings. The van der Waals surface area contributed by atoms with E-state index in [0.29, 0.717) is 5.25 Å². The minimum atomic E-state index is -0.246. The molecule has 0 saturated heterocycles. The van der Waals surface area contributed by atoms with Crippen molar-refractivity contribution in [3.05, 3.63) is 0 Å². The van der Waals surface area contributed by atoms with Gasteiger partial charge in [-0.2, -0.15) is 17.0 Å². The van der Waals surface area contributed by atoms with Crippen LogP contribution in [-0.4, -0.2) is 22.2 Å².